The first-order chi connectivity index (χ1) is 9.78. The Hall–Kier alpha value is -1.72. The lowest BCUT2D eigenvalue weighted by Gasteiger charge is -2.18. The van der Waals surface area contributed by atoms with Crippen LogP contribution in [0.4, 0.5) is 0 Å². The van der Waals surface area contributed by atoms with E-state index in [1.807, 2.05) is 10.3 Å². The predicted octanol–water partition coefficient (Wildman–Crippen LogP) is 1.84. The van der Waals surface area contributed by atoms with Crippen molar-refractivity contribution in [3.8, 4) is 0 Å². The SMILES string of the molecule is NCc1nc(C(=O)N2CCc3ccccc3CC2)cs1. The number of hydrogen-bond donors (Lipinski definition) is 1. The highest BCUT2D eigenvalue weighted by molar-refractivity contribution is 7.09. The van der Waals surface area contributed by atoms with Gasteiger partial charge < -0.3 is 10.6 Å². The van der Waals surface area contributed by atoms with Crippen LogP contribution < -0.4 is 5.73 Å². The lowest BCUT2D eigenvalue weighted by Crippen LogP contribution is -2.33. The number of fused-ring (bicyclic) bond motifs is 1. The second kappa shape index (κ2) is 5.73. The number of aromatic nitrogens is 1. The number of nitrogens with two attached hydrogens (primary N) is 1. The summed E-state index contributed by atoms with van der Waals surface area (Å²) in [5.41, 5.74) is 8.78. The second-order valence-electron chi connectivity index (χ2n) is 4.89. The normalized spacial score (nSPS) is 14.8. The Morgan fingerprint density at radius 3 is 2.45 bits per heavy atom. The van der Waals surface area contributed by atoms with Crippen LogP contribution >= 0.6 is 11.3 Å². The number of nitrogens with zero attached hydrogens (tertiary/aromatic N) is 2. The summed E-state index contributed by atoms with van der Waals surface area (Å²) in [4.78, 5) is 18.6. The Balaban J connectivity index is 1.74. The molecule has 2 heterocycles. The topological polar surface area (TPSA) is 59.2 Å². The summed E-state index contributed by atoms with van der Waals surface area (Å²) < 4.78 is 0. The van der Waals surface area contributed by atoms with E-state index in [1.165, 1.54) is 22.5 Å². The Labute approximate surface area is 122 Å². The van der Waals surface area contributed by atoms with Crippen LogP contribution in [-0.4, -0.2) is 28.9 Å². The minimum absolute atomic E-state index is 0.0220. The Morgan fingerprint density at radius 2 is 1.90 bits per heavy atom. The van der Waals surface area contributed by atoms with E-state index >= 15 is 0 Å². The Morgan fingerprint density at radius 1 is 1.25 bits per heavy atom. The summed E-state index contributed by atoms with van der Waals surface area (Å²) in [5.74, 6) is 0.0220. The fraction of sp³-hybridized carbons (Fsp3) is 0.333. The van der Waals surface area contributed by atoms with Gasteiger partial charge in [0.05, 0.1) is 0 Å². The molecule has 20 heavy (non-hydrogen) atoms. The lowest BCUT2D eigenvalue weighted by molar-refractivity contribution is 0.0758. The van der Waals surface area contributed by atoms with E-state index in [2.05, 4.69) is 29.2 Å². The zero-order chi connectivity index (χ0) is 13.9. The molecule has 2 aromatic rings. The monoisotopic (exact) mass is 287 g/mol. The number of amides is 1. The second-order valence-corrected chi connectivity index (χ2v) is 5.83. The number of thiazole rings is 1. The van der Waals surface area contributed by atoms with Crippen molar-refractivity contribution in [2.45, 2.75) is 19.4 Å². The molecule has 0 spiro atoms. The number of hydrogen-bond acceptors (Lipinski definition) is 4. The van der Waals surface area contributed by atoms with Crippen molar-refractivity contribution in [2.24, 2.45) is 5.73 Å². The van der Waals surface area contributed by atoms with Crippen molar-refractivity contribution in [2.75, 3.05) is 13.1 Å². The van der Waals surface area contributed by atoms with Gasteiger partial charge in [-0.05, 0) is 24.0 Å². The van der Waals surface area contributed by atoms with Gasteiger partial charge in [-0.15, -0.1) is 11.3 Å². The van der Waals surface area contributed by atoms with Gasteiger partial charge in [0.2, 0.25) is 0 Å². The molecule has 5 heteroatoms. The van der Waals surface area contributed by atoms with Crippen molar-refractivity contribution in [3.63, 3.8) is 0 Å². The minimum Gasteiger partial charge on any atom is -0.337 e. The Bertz CT molecular complexity index is 596. The molecule has 3 rings (SSSR count). The van der Waals surface area contributed by atoms with Crippen LogP contribution in [0.2, 0.25) is 0 Å². The molecule has 2 N–H and O–H groups in total. The molecule has 0 bridgehead atoms. The maximum Gasteiger partial charge on any atom is 0.273 e. The molecule has 0 fully saturated rings. The zero-order valence-electron chi connectivity index (χ0n) is 11.2. The van der Waals surface area contributed by atoms with Crippen LogP contribution in [0.3, 0.4) is 0 Å². The van der Waals surface area contributed by atoms with Crippen LogP contribution in [-0.2, 0) is 19.4 Å². The third-order valence-electron chi connectivity index (χ3n) is 3.65. The van der Waals surface area contributed by atoms with E-state index in [9.17, 15) is 4.79 Å². The quantitative estimate of drug-likeness (QED) is 0.917. The van der Waals surface area contributed by atoms with Crippen LogP contribution in [0, 0.1) is 0 Å². The van der Waals surface area contributed by atoms with Crippen molar-refractivity contribution in [1.29, 1.82) is 0 Å². The molecule has 1 aromatic heterocycles. The van der Waals surface area contributed by atoms with Gasteiger partial charge in [0.1, 0.15) is 10.7 Å². The first-order valence-corrected chi connectivity index (χ1v) is 7.66. The first kappa shape index (κ1) is 13.3. The molecule has 4 nitrogen and oxygen atoms in total. The predicted molar refractivity (Wildman–Crippen MR) is 79.8 cm³/mol. The van der Waals surface area contributed by atoms with E-state index in [0.29, 0.717) is 12.2 Å². The van der Waals surface area contributed by atoms with Crippen molar-refractivity contribution in [3.05, 3.63) is 51.5 Å². The zero-order valence-corrected chi connectivity index (χ0v) is 12.0. The van der Waals surface area contributed by atoms with Gasteiger partial charge in [0.15, 0.2) is 0 Å². The minimum atomic E-state index is 0.0220. The average Bonchev–Trinajstić information content (AvgIpc) is 2.86. The highest BCUT2D eigenvalue weighted by Crippen LogP contribution is 2.18. The van der Waals surface area contributed by atoms with Crippen LogP contribution in [0.15, 0.2) is 29.6 Å². The summed E-state index contributed by atoms with van der Waals surface area (Å²) in [6, 6.07) is 8.42. The van der Waals surface area contributed by atoms with Gasteiger partial charge in [0, 0.05) is 25.0 Å². The fourth-order valence-corrected chi connectivity index (χ4v) is 3.18. The molecule has 0 unspecified atom stereocenters. The van der Waals surface area contributed by atoms with Crippen LogP contribution in [0.1, 0.15) is 26.6 Å². The van der Waals surface area contributed by atoms with E-state index in [0.717, 1.165) is 30.9 Å². The maximum absolute atomic E-state index is 12.5. The molecule has 1 aromatic carbocycles. The highest BCUT2D eigenvalue weighted by atomic mass is 32.1. The van der Waals surface area contributed by atoms with Gasteiger partial charge in [-0.1, -0.05) is 24.3 Å². The van der Waals surface area contributed by atoms with Gasteiger partial charge in [0.25, 0.3) is 5.91 Å². The van der Waals surface area contributed by atoms with Crippen LogP contribution in [0.5, 0.6) is 0 Å². The van der Waals surface area contributed by atoms with E-state index < -0.39 is 0 Å². The molecule has 0 saturated heterocycles. The standard InChI is InChI=1S/C15H17N3OS/c16-9-14-17-13(10-20-14)15(19)18-7-5-11-3-1-2-4-12(11)6-8-18/h1-4,10H,5-9,16H2. The number of rotatable bonds is 2. The van der Waals surface area contributed by atoms with E-state index in [-0.39, 0.29) is 5.91 Å². The fourth-order valence-electron chi connectivity index (χ4n) is 2.54. The smallest absolute Gasteiger partial charge is 0.273 e. The summed E-state index contributed by atoms with van der Waals surface area (Å²) in [6.45, 7) is 1.90. The van der Waals surface area contributed by atoms with Crippen molar-refractivity contribution in [1.82, 2.24) is 9.88 Å². The van der Waals surface area contributed by atoms with E-state index in [1.54, 1.807) is 0 Å². The number of carbonyl (C=O) groups is 1. The third kappa shape index (κ3) is 2.59. The van der Waals surface area contributed by atoms with Crippen molar-refractivity contribution < 1.29 is 4.79 Å². The van der Waals surface area contributed by atoms with E-state index in [4.69, 9.17) is 5.73 Å². The number of carbonyl (C=O) groups excluding carboxylic acids is 1. The van der Waals surface area contributed by atoms with Crippen molar-refractivity contribution >= 4 is 17.2 Å². The average molecular weight is 287 g/mol. The van der Waals surface area contributed by atoms with Gasteiger partial charge in [-0.2, -0.15) is 0 Å². The van der Waals surface area contributed by atoms with Crippen LogP contribution in [0.25, 0.3) is 0 Å². The molecular weight excluding hydrogens is 270 g/mol. The van der Waals surface area contributed by atoms with Gasteiger partial charge in [-0.25, -0.2) is 4.98 Å². The third-order valence-corrected chi connectivity index (χ3v) is 4.52. The summed E-state index contributed by atoms with van der Waals surface area (Å²) in [7, 11) is 0. The molecule has 0 aliphatic carbocycles. The number of benzene rings is 1. The molecule has 0 radical (unpaired) electrons. The molecule has 1 amide bonds. The van der Waals surface area contributed by atoms with Gasteiger partial charge >= 0.3 is 0 Å². The molecule has 0 saturated carbocycles. The molecule has 0 atom stereocenters. The maximum atomic E-state index is 12.5. The summed E-state index contributed by atoms with van der Waals surface area (Å²) in [6.07, 6.45) is 1.82. The van der Waals surface area contributed by atoms with Gasteiger partial charge in [-0.3, -0.25) is 4.79 Å². The Kier molecular flexibility index (Phi) is 3.80. The molecular formula is C15H17N3OS. The molecule has 1 aliphatic rings. The molecule has 1 aliphatic heterocycles. The first-order valence-electron chi connectivity index (χ1n) is 6.78. The largest absolute Gasteiger partial charge is 0.337 e. The molecule has 104 valence electrons. The lowest BCUT2D eigenvalue weighted by atomic mass is 10.0. The summed E-state index contributed by atoms with van der Waals surface area (Å²) >= 11 is 1.45. The summed E-state index contributed by atoms with van der Waals surface area (Å²) in [5, 5.41) is 2.62. The highest BCUT2D eigenvalue weighted by Gasteiger charge is 2.21.